The van der Waals surface area contributed by atoms with Crippen molar-refractivity contribution >= 4 is 23.8 Å². The quantitative estimate of drug-likeness (QED) is 0.441. The van der Waals surface area contributed by atoms with Crippen LogP contribution in [0.5, 0.6) is 0 Å². The summed E-state index contributed by atoms with van der Waals surface area (Å²) < 4.78 is 5.64. The van der Waals surface area contributed by atoms with E-state index in [2.05, 4.69) is 5.32 Å². The molecule has 3 aliphatic rings. The molecule has 1 saturated heterocycles. The molecule has 0 bridgehead atoms. The Kier molecular flexibility index (Phi) is 6.53. The summed E-state index contributed by atoms with van der Waals surface area (Å²) in [6, 6.07) is 16.2. The molecule has 2 aromatic carbocycles. The maximum absolute atomic E-state index is 13.9. The van der Waals surface area contributed by atoms with Gasteiger partial charge in [0.1, 0.15) is 17.7 Å². The summed E-state index contributed by atoms with van der Waals surface area (Å²) in [5, 5.41) is 2.85. The first-order chi connectivity index (χ1) is 18.0. The van der Waals surface area contributed by atoms with Gasteiger partial charge < -0.3 is 15.0 Å². The second kappa shape index (κ2) is 9.57. The molecule has 38 heavy (non-hydrogen) atoms. The van der Waals surface area contributed by atoms with Crippen molar-refractivity contribution in [1.82, 2.24) is 15.1 Å². The number of imide groups is 1. The molecular formula is C30H35N3O5. The summed E-state index contributed by atoms with van der Waals surface area (Å²) >= 11 is 0. The largest absolute Gasteiger partial charge is 0.459 e. The van der Waals surface area contributed by atoms with Crippen molar-refractivity contribution in [3.05, 3.63) is 71.3 Å². The highest BCUT2D eigenvalue weighted by atomic mass is 16.6. The highest BCUT2D eigenvalue weighted by molar-refractivity contribution is 6.10. The number of ether oxygens (including phenoxy) is 1. The number of benzene rings is 2. The fourth-order valence-corrected chi connectivity index (χ4v) is 5.69. The van der Waals surface area contributed by atoms with Gasteiger partial charge in [-0.15, -0.1) is 0 Å². The van der Waals surface area contributed by atoms with E-state index in [4.69, 9.17) is 4.74 Å². The van der Waals surface area contributed by atoms with Crippen LogP contribution < -0.4 is 5.32 Å². The van der Waals surface area contributed by atoms with Crippen LogP contribution in [0.15, 0.2) is 54.6 Å². The molecule has 8 heteroatoms. The van der Waals surface area contributed by atoms with Gasteiger partial charge in [-0.25, -0.2) is 4.79 Å². The number of fused-ring (bicyclic) bond motifs is 2. The van der Waals surface area contributed by atoms with E-state index in [1.54, 1.807) is 49.9 Å². The number of nitrogens with zero attached hydrogens (tertiary/aromatic N) is 2. The van der Waals surface area contributed by atoms with Crippen LogP contribution in [0.4, 0.5) is 4.79 Å². The van der Waals surface area contributed by atoms with Crippen molar-refractivity contribution < 1.29 is 23.9 Å². The molecule has 2 aliphatic carbocycles. The van der Waals surface area contributed by atoms with E-state index in [1.807, 2.05) is 37.3 Å². The van der Waals surface area contributed by atoms with E-state index >= 15 is 0 Å². The summed E-state index contributed by atoms with van der Waals surface area (Å²) in [7, 11) is 0. The second-order valence-corrected chi connectivity index (χ2v) is 11.7. The van der Waals surface area contributed by atoms with Crippen LogP contribution in [0.25, 0.3) is 0 Å². The predicted octanol–water partition coefficient (Wildman–Crippen LogP) is 4.09. The molecule has 1 N–H and O–H groups in total. The lowest BCUT2D eigenvalue weighted by atomic mass is 9.91. The van der Waals surface area contributed by atoms with Gasteiger partial charge in [0.25, 0.3) is 5.91 Å². The van der Waals surface area contributed by atoms with Crippen molar-refractivity contribution in [1.29, 1.82) is 0 Å². The first-order valence-electron chi connectivity index (χ1n) is 13.3. The third kappa shape index (κ3) is 4.79. The Bertz CT molecular complexity index is 1270. The molecule has 2 fully saturated rings. The normalized spacial score (nSPS) is 23.3. The van der Waals surface area contributed by atoms with Crippen molar-refractivity contribution in [3.63, 3.8) is 0 Å². The van der Waals surface area contributed by atoms with Crippen LogP contribution in [0.2, 0.25) is 0 Å². The number of hydrogen-bond donors (Lipinski definition) is 1. The standard InChI is InChI=1S/C30H35N3O5/c1-19(21-14-15-21)32(17-20-10-6-5-7-11-20)25(34)18-33-27(36)30(31-28(33)37)16-23(26(35)38-29(2,3)4)22-12-8-9-13-24(22)30/h5-13,19,21,23H,14-18H2,1-4H3,(H,31,37)/t19-,23?,30?/m0/s1. The van der Waals surface area contributed by atoms with Crippen molar-refractivity contribution in [2.24, 2.45) is 5.92 Å². The van der Waals surface area contributed by atoms with Gasteiger partial charge >= 0.3 is 12.0 Å². The summed E-state index contributed by atoms with van der Waals surface area (Å²) in [6.07, 6.45) is 2.19. The molecule has 200 valence electrons. The topological polar surface area (TPSA) is 96.0 Å². The van der Waals surface area contributed by atoms with Gasteiger partial charge in [0.2, 0.25) is 5.91 Å². The van der Waals surface area contributed by atoms with E-state index in [0.29, 0.717) is 23.6 Å². The number of rotatable bonds is 7. The van der Waals surface area contributed by atoms with Crippen LogP contribution in [0, 0.1) is 5.92 Å². The lowest BCUT2D eigenvalue weighted by Gasteiger charge is -2.31. The molecule has 1 aliphatic heterocycles. The lowest BCUT2D eigenvalue weighted by molar-refractivity contribution is -0.157. The van der Waals surface area contributed by atoms with Crippen LogP contribution in [-0.2, 0) is 31.2 Å². The lowest BCUT2D eigenvalue weighted by Crippen LogP contribution is -2.47. The summed E-state index contributed by atoms with van der Waals surface area (Å²) in [4.78, 5) is 56.6. The van der Waals surface area contributed by atoms with Gasteiger partial charge in [0, 0.05) is 19.0 Å². The van der Waals surface area contributed by atoms with Gasteiger partial charge in [0.15, 0.2) is 0 Å². The molecule has 0 radical (unpaired) electrons. The monoisotopic (exact) mass is 517 g/mol. The highest BCUT2D eigenvalue weighted by Gasteiger charge is 2.59. The molecule has 1 heterocycles. The molecule has 8 nitrogen and oxygen atoms in total. The van der Waals surface area contributed by atoms with Gasteiger partial charge in [-0.1, -0.05) is 54.6 Å². The van der Waals surface area contributed by atoms with E-state index in [9.17, 15) is 19.2 Å². The van der Waals surface area contributed by atoms with E-state index in [-0.39, 0.29) is 24.9 Å². The molecule has 0 aromatic heterocycles. The minimum atomic E-state index is -1.40. The van der Waals surface area contributed by atoms with E-state index < -0.39 is 35.0 Å². The number of esters is 1. The van der Waals surface area contributed by atoms with Crippen LogP contribution >= 0.6 is 0 Å². The SMILES string of the molecule is C[C@@H](C1CC1)N(Cc1ccccc1)C(=O)CN1C(=O)NC2(CC(C(=O)OC(C)(C)C)c3ccccc32)C1=O. The number of urea groups is 1. The fraction of sp³-hybridized carbons (Fsp3) is 0.467. The fourth-order valence-electron chi connectivity index (χ4n) is 5.69. The average molecular weight is 518 g/mol. The molecule has 2 aromatic rings. The second-order valence-electron chi connectivity index (χ2n) is 11.7. The van der Waals surface area contributed by atoms with Crippen LogP contribution in [0.3, 0.4) is 0 Å². The van der Waals surface area contributed by atoms with Gasteiger partial charge in [0.05, 0.1) is 5.92 Å². The summed E-state index contributed by atoms with van der Waals surface area (Å²) in [6.45, 7) is 7.47. The molecule has 3 atom stereocenters. The van der Waals surface area contributed by atoms with Gasteiger partial charge in [-0.05, 0) is 63.1 Å². The van der Waals surface area contributed by atoms with Crippen molar-refractivity contribution in [3.8, 4) is 0 Å². The van der Waals surface area contributed by atoms with Crippen LogP contribution in [0.1, 0.15) is 69.6 Å². The van der Waals surface area contributed by atoms with E-state index in [1.165, 1.54) is 0 Å². The third-order valence-electron chi connectivity index (χ3n) is 7.78. The summed E-state index contributed by atoms with van der Waals surface area (Å²) in [5.74, 6) is -1.49. The number of carbonyl (C=O) groups excluding carboxylic acids is 4. The Balaban J connectivity index is 1.39. The number of carbonyl (C=O) groups is 4. The van der Waals surface area contributed by atoms with Crippen LogP contribution in [-0.4, -0.2) is 51.8 Å². The average Bonchev–Trinajstić information content (AvgIpc) is 3.63. The molecule has 1 saturated carbocycles. The van der Waals surface area contributed by atoms with Gasteiger partial charge in [-0.2, -0.15) is 0 Å². The Morgan fingerprint density at radius 3 is 2.39 bits per heavy atom. The molecular weight excluding hydrogens is 482 g/mol. The minimum absolute atomic E-state index is 0.00110. The number of amides is 4. The first-order valence-corrected chi connectivity index (χ1v) is 13.3. The molecule has 4 amide bonds. The zero-order chi connectivity index (χ0) is 27.2. The Morgan fingerprint density at radius 2 is 1.74 bits per heavy atom. The van der Waals surface area contributed by atoms with E-state index in [0.717, 1.165) is 23.3 Å². The Labute approximate surface area is 223 Å². The summed E-state index contributed by atoms with van der Waals surface area (Å²) in [5.41, 5.74) is 0.145. The minimum Gasteiger partial charge on any atom is -0.459 e. The maximum atomic E-state index is 13.9. The number of nitrogens with one attached hydrogen (secondary N) is 1. The van der Waals surface area contributed by atoms with Crippen molar-refractivity contribution in [2.45, 2.75) is 76.6 Å². The Hall–Kier alpha value is -3.68. The third-order valence-corrected chi connectivity index (χ3v) is 7.78. The predicted molar refractivity (Wildman–Crippen MR) is 141 cm³/mol. The number of hydrogen-bond acceptors (Lipinski definition) is 5. The zero-order valence-corrected chi connectivity index (χ0v) is 22.4. The van der Waals surface area contributed by atoms with Gasteiger partial charge in [-0.3, -0.25) is 19.3 Å². The van der Waals surface area contributed by atoms with Crippen molar-refractivity contribution in [2.75, 3.05) is 6.54 Å². The highest BCUT2D eigenvalue weighted by Crippen LogP contribution is 2.48. The zero-order valence-electron chi connectivity index (χ0n) is 22.4. The maximum Gasteiger partial charge on any atom is 0.325 e. The smallest absolute Gasteiger partial charge is 0.325 e. The Morgan fingerprint density at radius 1 is 1.08 bits per heavy atom. The molecule has 1 spiro atoms. The molecule has 5 rings (SSSR count). The first kappa shape index (κ1) is 25.9. The molecule has 2 unspecified atom stereocenters.